The number of aromatic nitrogens is 2. The molecule has 2 unspecified atom stereocenters. The van der Waals surface area contributed by atoms with Gasteiger partial charge in [-0.2, -0.15) is 0 Å². The molecule has 6 nitrogen and oxygen atoms in total. The summed E-state index contributed by atoms with van der Waals surface area (Å²) in [6.45, 7) is 10.3. The monoisotopic (exact) mass is 320 g/mol. The summed E-state index contributed by atoms with van der Waals surface area (Å²) in [5, 5.41) is 6.45. The second-order valence-corrected chi connectivity index (χ2v) is 7.25. The summed E-state index contributed by atoms with van der Waals surface area (Å²) in [6, 6.07) is 0.176. The van der Waals surface area contributed by atoms with Gasteiger partial charge in [0, 0.05) is 31.0 Å². The molecule has 1 aliphatic rings. The third-order valence-electron chi connectivity index (χ3n) is 3.87. The van der Waals surface area contributed by atoms with E-state index in [4.69, 9.17) is 4.74 Å². The van der Waals surface area contributed by atoms with Crippen LogP contribution in [0.25, 0.3) is 0 Å². The lowest BCUT2D eigenvalue weighted by atomic mass is 10.1. The summed E-state index contributed by atoms with van der Waals surface area (Å²) < 4.78 is 5.36. The maximum absolute atomic E-state index is 12.0. The van der Waals surface area contributed by atoms with Crippen LogP contribution in [0.2, 0.25) is 0 Å². The van der Waals surface area contributed by atoms with Gasteiger partial charge in [-0.05, 0) is 53.4 Å². The number of aryl methyl sites for hydroxylation is 1. The van der Waals surface area contributed by atoms with Crippen molar-refractivity contribution in [3.8, 4) is 0 Å². The first-order valence-electron chi connectivity index (χ1n) is 8.26. The molecule has 1 aromatic heterocycles. The Morgan fingerprint density at radius 1 is 1.35 bits per heavy atom. The van der Waals surface area contributed by atoms with Crippen LogP contribution in [0.4, 0.5) is 4.79 Å². The van der Waals surface area contributed by atoms with Crippen molar-refractivity contribution in [3.05, 3.63) is 23.8 Å². The molecule has 0 spiro atoms. The zero-order valence-electron chi connectivity index (χ0n) is 14.7. The van der Waals surface area contributed by atoms with E-state index in [9.17, 15) is 4.79 Å². The second-order valence-electron chi connectivity index (χ2n) is 7.25. The van der Waals surface area contributed by atoms with E-state index in [-0.39, 0.29) is 18.2 Å². The Kier molecular flexibility index (Phi) is 5.57. The van der Waals surface area contributed by atoms with Crippen LogP contribution in [0.15, 0.2) is 12.4 Å². The van der Waals surface area contributed by atoms with Crippen LogP contribution in [0.5, 0.6) is 0 Å². The van der Waals surface area contributed by atoms with Gasteiger partial charge in [0.25, 0.3) is 0 Å². The number of carbonyl (C=O) groups is 1. The molecule has 0 aliphatic heterocycles. The predicted molar refractivity (Wildman–Crippen MR) is 89.1 cm³/mol. The molecule has 2 atom stereocenters. The minimum Gasteiger partial charge on any atom is -0.444 e. The van der Waals surface area contributed by atoms with Gasteiger partial charge in [0.15, 0.2) is 0 Å². The molecular formula is C17H28N4O2. The zero-order chi connectivity index (χ0) is 17.0. The molecule has 2 N–H and O–H groups in total. The molecule has 0 bridgehead atoms. The molecule has 6 heteroatoms. The van der Waals surface area contributed by atoms with Crippen LogP contribution in [-0.2, 0) is 4.74 Å². The summed E-state index contributed by atoms with van der Waals surface area (Å²) in [6.07, 6.45) is 5.36. The van der Waals surface area contributed by atoms with Crippen LogP contribution in [-0.4, -0.2) is 34.2 Å². The number of carbonyl (C=O) groups excluding carboxylic acids is 1. The van der Waals surface area contributed by atoms with Gasteiger partial charge in [-0.1, -0.05) is 0 Å². The molecule has 1 aliphatic carbocycles. The molecule has 0 saturated heterocycles. The minimum atomic E-state index is -0.477. The molecule has 23 heavy (non-hydrogen) atoms. The van der Waals surface area contributed by atoms with Gasteiger partial charge in [-0.25, -0.2) is 4.79 Å². The third kappa shape index (κ3) is 5.78. The van der Waals surface area contributed by atoms with Crippen molar-refractivity contribution in [2.24, 2.45) is 5.92 Å². The normalized spacial score (nSPS) is 17.4. The number of alkyl carbamates (subject to hydrolysis) is 1. The summed E-state index contributed by atoms with van der Waals surface area (Å²) in [7, 11) is 0. The van der Waals surface area contributed by atoms with Crippen LogP contribution in [0, 0.1) is 12.8 Å². The molecule has 1 heterocycles. The van der Waals surface area contributed by atoms with E-state index in [1.165, 1.54) is 0 Å². The number of hydrogen-bond acceptors (Lipinski definition) is 5. The third-order valence-corrected chi connectivity index (χ3v) is 3.87. The van der Waals surface area contributed by atoms with Gasteiger partial charge in [-0.15, -0.1) is 0 Å². The molecule has 128 valence electrons. The number of nitrogens with zero attached hydrogens (tertiary/aromatic N) is 2. The first-order chi connectivity index (χ1) is 10.8. The van der Waals surface area contributed by atoms with Crippen molar-refractivity contribution >= 4 is 6.09 Å². The smallest absolute Gasteiger partial charge is 0.407 e. The lowest BCUT2D eigenvalue weighted by Gasteiger charge is -2.25. The Labute approximate surface area is 138 Å². The summed E-state index contributed by atoms with van der Waals surface area (Å²) in [4.78, 5) is 20.6. The fourth-order valence-corrected chi connectivity index (χ4v) is 2.54. The van der Waals surface area contributed by atoms with Crippen molar-refractivity contribution in [2.45, 2.75) is 65.1 Å². The van der Waals surface area contributed by atoms with Gasteiger partial charge < -0.3 is 15.4 Å². The van der Waals surface area contributed by atoms with E-state index in [1.807, 2.05) is 27.7 Å². The van der Waals surface area contributed by atoms with Crippen molar-refractivity contribution in [2.75, 3.05) is 6.54 Å². The number of nitrogens with one attached hydrogen (secondary N) is 2. The average Bonchev–Trinajstić information content (AvgIpc) is 3.26. The van der Waals surface area contributed by atoms with E-state index in [0.717, 1.165) is 24.2 Å². The number of rotatable bonds is 6. The first kappa shape index (κ1) is 17.7. The van der Waals surface area contributed by atoms with E-state index < -0.39 is 5.60 Å². The quantitative estimate of drug-likeness (QED) is 0.843. The molecular weight excluding hydrogens is 292 g/mol. The highest BCUT2D eigenvalue weighted by Gasteiger charge is 2.33. The molecule has 1 amide bonds. The highest BCUT2D eigenvalue weighted by atomic mass is 16.6. The van der Waals surface area contributed by atoms with E-state index in [1.54, 1.807) is 12.4 Å². The molecule has 1 aromatic rings. The number of ether oxygens (including phenoxy) is 1. The van der Waals surface area contributed by atoms with Crippen LogP contribution in [0.3, 0.4) is 0 Å². The minimum absolute atomic E-state index is 0.0873. The van der Waals surface area contributed by atoms with E-state index in [2.05, 4.69) is 27.5 Å². The number of hydrogen-bond donors (Lipinski definition) is 2. The first-order valence-corrected chi connectivity index (χ1v) is 8.26. The topological polar surface area (TPSA) is 76.1 Å². The highest BCUT2D eigenvalue weighted by Crippen LogP contribution is 2.32. The van der Waals surface area contributed by atoms with Gasteiger partial charge >= 0.3 is 6.09 Å². The van der Waals surface area contributed by atoms with Crippen molar-refractivity contribution in [1.29, 1.82) is 0 Å². The second kappa shape index (κ2) is 7.25. The Morgan fingerprint density at radius 3 is 2.57 bits per heavy atom. The van der Waals surface area contributed by atoms with Gasteiger partial charge in [-0.3, -0.25) is 9.97 Å². The predicted octanol–water partition coefficient (Wildman–Crippen LogP) is 2.74. The Morgan fingerprint density at radius 2 is 2.00 bits per heavy atom. The van der Waals surface area contributed by atoms with Crippen LogP contribution >= 0.6 is 0 Å². The van der Waals surface area contributed by atoms with Gasteiger partial charge in [0.05, 0.1) is 11.4 Å². The highest BCUT2D eigenvalue weighted by molar-refractivity contribution is 5.68. The fourth-order valence-electron chi connectivity index (χ4n) is 2.54. The van der Waals surface area contributed by atoms with Crippen molar-refractivity contribution in [1.82, 2.24) is 20.6 Å². The molecule has 1 saturated carbocycles. The summed E-state index contributed by atoms with van der Waals surface area (Å²) >= 11 is 0. The summed E-state index contributed by atoms with van der Waals surface area (Å²) in [5.41, 5.74) is 1.39. The Balaban J connectivity index is 1.88. The van der Waals surface area contributed by atoms with Crippen LogP contribution < -0.4 is 10.6 Å². The summed E-state index contributed by atoms with van der Waals surface area (Å²) in [5.74, 6) is 0.533. The molecule has 0 aromatic carbocycles. The maximum Gasteiger partial charge on any atom is 0.407 e. The zero-order valence-corrected chi connectivity index (χ0v) is 14.7. The van der Waals surface area contributed by atoms with Crippen molar-refractivity contribution < 1.29 is 9.53 Å². The Bertz CT molecular complexity index is 538. The Hall–Kier alpha value is -1.69. The van der Waals surface area contributed by atoms with E-state index >= 15 is 0 Å². The fraction of sp³-hybridized carbons (Fsp3) is 0.706. The lowest BCUT2D eigenvalue weighted by molar-refractivity contribution is 0.0496. The lowest BCUT2D eigenvalue weighted by Crippen LogP contribution is -2.46. The van der Waals surface area contributed by atoms with Crippen LogP contribution in [0.1, 0.15) is 58.0 Å². The molecule has 2 rings (SSSR count). The standard InChI is InChI=1S/C17H28N4O2/c1-11-15(19-9-8-18-11)12(2)20-10-14(13-6-7-13)21-16(22)23-17(3,4)5/h8-9,12-14,20H,6-7,10H2,1-5H3,(H,21,22). The molecule has 0 radical (unpaired) electrons. The van der Waals surface area contributed by atoms with Gasteiger partial charge in [0.1, 0.15) is 5.60 Å². The number of amides is 1. The van der Waals surface area contributed by atoms with Gasteiger partial charge in [0.2, 0.25) is 0 Å². The maximum atomic E-state index is 12.0. The SMILES string of the molecule is Cc1nccnc1C(C)NCC(NC(=O)OC(C)(C)C)C1CC1. The largest absolute Gasteiger partial charge is 0.444 e. The average molecular weight is 320 g/mol. The van der Waals surface area contributed by atoms with E-state index in [0.29, 0.717) is 12.5 Å². The van der Waals surface area contributed by atoms with Crippen molar-refractivity contribution in [3.63, 3.8) is 0 Å². The molecule has 1 fully saturated rings.